The molecule has 0 heterocycles. The Hall–Kier alpha value is -1.99. The van der Waals surface area contributed by atoms with E-state index in [1.165, 1.54) is 0 Å². The number of rotatable bonds is 4. The Labute approximate surface area is 192 Å². The van der Waals surface area contributed by atoms with Gasteiger partial charge in [0.15, 0.2) is 5.78 Å². The highest BCUT2D eigenvalue weighted by molar-refractivity contribution is 14.1. The van der Waals surface area contributed by atoms with Gasteiger partial charge in [-0.3, -0.25) is 4.79 Å². The van der Waals surface area contributed by atoms with Crippen LogP contribution in [0.4, 0.5) is 0 Å². The minimum absolute atomic E-state index is 0.0468. The number of benzene rings is 4. The van der Waals surface area contributed by atoms with Gasteiger partial charge in [-0.15, -0.1) is 0 Å². The quantitative estimate of drug-likeness (QED) is 0.179. The van der Waals surface area contributed by atoms with Crippen molar-refractivity contribution in [3.8, 4) is 22.3 Å². The van der Waals surface area contributed by atoms with Crippen LogP contribution < -0.4 is 0 Å². The molecular formula is C25H16I2O. The summed E-state index contributed by atoms with van der Waals surface area (Å²) in [4.78, 5) is 13.7. The summed E-state index contributed by atoms with van der Waals surface area (Å²) in [6.07, 6.45) is 0. The predicted molar refractivity (Wildman–Crippen MR) is 133 cm³/mol. The van der Waals surface area contributed by atoms with Gasteiger partial charge in [0, 0.05) is 18.3 Å². The summed E-state index contributed by atoms with van der Waals surface area (Å²) in [5, 5.41) is 0. The predicted octanol–water partition coefficient (Wildman–Crippen LogP) is 7.46. The van der Waals surface area contributed by atoms with E-state index < -0.39 is 0 Å². The monoisotopic (exact) mass is 586 g/mol. The van der Waals surface area contributed by atoms with E-state index in [4.69, 9.17) is 0 Å². The van der Waals surface area contributed by atoms with E-state index >= 15 is 0 Å². The summed E-state index contributed by atoms with van der Waals surface area (Å²) in [7, 11) is 0. The molecule has 0 aliphatic carbocycles. The van der Waals surface area contributed by atoms with Crippen LogP contribution in [0.1, 0.15) is 15.9 Å². The number of ketones is 1. The lowest BCUT2D eigenvalue weighted by molar-refractivity contribution is 0.104. The lowest BCUT2D eigenvalue weighted by Gasteiger charge is -2.14. The van der Waals surface area contributed by atoms with Crippen molar-refractivity contribution >= 4 is 51.0 Å². The molecule has 0 aromatic heterocycles. The molecule has 4 aromatic rings. The van der Waals surface area contributed by atoms with Gasteiger partial charge >= 0.3 is 0 Å². The van der Waals surface area contributed by atoms with Crippen molar-refractivity contribution in [3.05, 3.63) is 115 Å². The molecule has 0 aliphatic rings. The van der Waals surface area contributed by atoms with Crippen molar-refractivity contribution in [2.45, 2.75) is 0 Å². The third-order valence-corrected chi connectivity index (χ3v) is 5.96. The zero-order valence-corrected chi connectivity index (χ0v) is 19.2. The minimum atomic E-state index is 0.0468. The molecule has 0 saturated heterocycles. The van der Waals surface area contributed by atoms with E-state index in [2.05, 4.69) is 57.3 Å². The van der Waals surface area contributed by atoms with E-state index in [0.717, 1.165) is 40.5 Å². The number of carbonyl (C=O) groups is 1. The molecule has 0 amide bonds. The second-order valence-corrected chi connectivity index (χ2v) is 8.93. The molecule has 0 aliphatic heterocycles. The number of halogens is 2. The molecule has 4 rings (SSSR count). The Morgan fingerprint density at radius 1 is 0.536 bits per heavy atom. The first-order chi connectivity index (χ1) is 13.6. The Balaban J connectivity index is 1.89. The van der Waals surface area contributed by atoms with Crippen molar-refractivity contribution in [3.63, 3.8) is 0 Å². The minimum Gasteiger partial charge on any atom is -0.289 e. The van der Waals surface area contributed by atoms with Gasteiger partial charge in [-0.05, 0) is 104 Å². The molecule has 1 nitrogen and oxygen atoms in total. The van der Waals surface area contributed by atoms with Gasteiger partial charge in [-0.1, -0.05) is 60.7 Å². The molecular weight excluding hydrogens is 570 g/mol. The Bertz CT molecular complexity index is 1040. The van der Waals surface area contributed by atoms with Crippen LogP contribution in [0.25, 0.3) is 22.3 Å². The normalized spacial score (nSPS) is 10.6. The molecule has 0 unspecified atom stereocenters. The molecule has 0 spiro atoms. The standard InChI is InChI=1S/C25H16I2O/c26-19-11-13-21(23(15-19)17-7-3-1-4-8-17)25(28)22-14-12-20(27)16-24(22)18-9-5-2-6-10-18/h1-16H. The molecule has 0 radical (unpaired) electrons. The van der Waals surface area contributed by atoms with Gasteiger partial charge in [0.25, 0.3) is 0 Å². The average Bonchev–Trinajstić information content (AvgIpc) is 2.74. The third kappa shape index (κ3) is 4.05. The van der Waals surface area contributed by atoms with Crippen molar-refractivity contribution in [1.29, 1.82) is 0 Å². The van der Waals surface area contributed by atoms with Gasteiger partial charge < -0.3 is 0 Å². The van der Waals surface area contributed by atoms with E-state index in [1.54, 1.807) is 0 Å². The summed E-state index contributed by atoms with van der Waals surface area (Å²) >= 11 is 4.59. The maximum absolute atomic E-state index is 13.7. The van der Waals surface area contributed by atoms with Crippen LogP contribution >= 0.6 is 45.2 Å². The van der Waals surface area contributed by atoms with Gasteiger partial charge in [-0.2, -0.15) is 0 Å². The van der Waals surface area contributed by atoms with Gasteiger partial charge in [-0.25, -0.2) is 0 Å². The molecule has 0 bridgehead atoms. The molecule has 0 fully saturated rings. The first kappa shape index (κ1) is 19.3. The second kappa shape index (κ2) is 8.57. The van der Waals surface area contributed by atoms with E-state index in [9.17, 15) is 4.79 Å². The maximum atomic E-state index is 13.7. The molecule has 4 aromatic carbocycles. The summed E-state index contributed by atoms with van der Waals surface area (Å²) < 4.78 is 2.22. The lowest BCUT2D eigenvalue weighted by Crippen LogP contribution is -2.06. The van der Waals surface area contributed by atoms with Crippen LogP contribution in [-0.4, -0.2) is 5.78 Å². The van der Waals surface area contributed by atoms with Crippen LogP contribution in [0, 0.1) is 7.14 Å². The fourth-order valence-electron chi connectivity index (χ4n) is 3.29. The maximum Gasteiger partial charge on any atom is 0.194 e. The van der Waals surface area contributed by atoms with Crippen LogP contribution in [0.3, 0.4) is 0 Å². The fourth-order valence-corrected chi connectivity index (χ4v) is 4.27. The Kier molecular flexibility index (Phi) is 5.92. The largest absolute Gasteiger partial charge is 0.289 e. The SMILES string of the molecule is O=C(c1ccc(I)cc1-c1ccccc1)c1ccc(I)cc1-c1ccccc1. The molecule has 0 saturated carbocycles. The highest BCUT2D eigenvalue weighted by Crippen LogP contribution is 2.32. The first-order valence-corrected chi connectivity index (χ1v) is 11.0. The molecule has 0 atom stereocenters. The van der Waals surface area contributed by atoms with E-state index in [-0.39, 0.29) is 5.78 Å². The molecule has 3 heteroatoms. The smallest absolute Gasteiger partial charge is 0.194 e. The summed E-state index contributed by atoms with van der Waals surface area (Å²) in [6, 6.07) is 32.2. The number of hydrogen-bond acceptors (Lipinski definition) is 1. The van der Waals surface area contributed by atoms with Crippen molar-refractivity contribution < 1.29 is 4.79 Å². The molecule has 28 heavy (non-hydrogen) atoms. The number of carbonyl (C=O) groups excluding carboxylic acids is 1. The molecule has 0 N–H and O–H groups in total. The van der Waals surface area contributed by atoms with Crippen LogP contribution in [0.15, 0.2) is 97.1 Å². The fraction of sp³-hybridized carbons (Fsp3) is 0. The summed E-state index contributed by atoms with van der Waals surface area (Å²) in [5.41, 5.74) is 5.49. The van der Waals surface area contributed by atoms with Gasteiger partial charge in [0.05, 0.1) is 0 Å². The van der Waals surface area contributed by atoms with Gasteiger partial charge in [0.1, 0.15) is 0 Å². The van der Waals surface area contributed by atoms with Gasteiger partial charge in [0.2, 0.25) is 0 Å². The van der Waals surface area contributed by atoms with Crippen molar-refractivity contribution in [2.75, 3.05) is 0 Å². The zero-order chi connectivity index (χ0) is 19.5. The van der Waals surface area contributed by atoms with E-state index in [1.807, 2.05) is 84.9 Å². The number of hydrogen-bond donors (Lipinski definition) is 0. The topological polar surface area (TPSA) is 17.1 Å². The highest BCUT2D eigenvalue weighted by atomic mass is 127. The van der Waals surface area contributed by atoms with E-state index in [0.29, 0.717) is 0 Å². The van der Waals surface area contributed by atoms with Crippen molar-refractivity contribution in [2.24, 2.45) is 0 Å². The van der Waals surface area contributed by atoms with Crippen molar-refractivity contribution in [1.82, 2.24) is 0 Å². The zero-order valence-electron chi connectivity index (χ0n) is 14.9. The summed E-state index contributed by atoms with van der Waals surface area (Å²) in [5.74, 6) is 0.0468. The van der Waals surface area contributed by atoms with Crippen LogP contribution in [0.5, 0.6) is 0 Å². The highest BCUT2D eigenvalue weighted by Gasteiger charge is 2.19. The third-order valence-electron chi connectivity index (χ3n) is 4.62. The second-order valence-electron chi connectivity index (χ2n) is 6.44. The molecule has 136 valence electrons. The Morgan fingerprint density at radius 2 is 0.929 bits per heavy atom. The van der Waals surface area contributed by atoms with Crippen LogP contribution in [0.2, 0.25) is 0 Å². The Morgan fingerprint density at radius 3 is 1.32 bits per heavy atom. The average molecular weight is 586 g/mol. The first-order valence-electron chi connectivity index (χ1n) is 8.88. The lowest BCUT2D eigenvalue weighted by atomic mass is 9.90. The van der Waals surface area contributed by atoms with Crippen LogP contribution in [-0.2, 0) is 0 Å². The summed E-state index contributed by atoms with van der Waals surface area (Å²) in [6.45, 7) is 0.